The molecule has 0 spiro atoms. The van der Waals surface area contributed by atoms with E-state index in [1.807, 2.05) is 32.0 Å². The molecular weight excluding hydrogens is 238 g/mol. The van der Waals surface area contributed by atoms with Crippen LogP contribution in [0.2, 0.25) is 5.02 Å². The first-order chi connectivity index (χ1) is 8.13. The average Bonchev–Trinajstić information content (AvgIpc) is 2.27. The zero-order valence-electron chi connectivity index (χ0n) is 10.6. The summed E-state index contributed by atoms with van der Waals surface area (Å²) in [6.45, 7) is 6.25. The molecule has 0 unspecified atom stereocenters. The fraction of sp³-hybridized carbons (Fsp3) is 0.538. The van der Waals surface area contributed by atoms with Crippen LogP contribution in [-0.4, -0.2) is 26.4 Å². The van der Waals surface area contributed by atoms with Crippen molar-refractivity contribution in [1.82, 2.24) is 5.32 Å². The molecule has 0 atom stereocenters. The van der Waals surface area contributed by atoms with E-state index in [-0.39, 0.29) is 6.10 Å². The van der Waals surface area contributed by atoms with Crippen molar-refractivity contribution in [3.05, 3.63) is 28.8 Å². The molecule has 0 amide bonds. The van der Waals surface area contributed by atoms with Crippen LogP contribution >= 0.6 is 11.6 Å². The van der Waals surface area contributed by atoms with Crippen LogP contribution in [0.15, 0.2) is 18.2 Å². The van der Waals surface area contributed by atoms with E-state index in [4.69, 9.17) is 21.1 Å². The second kappa shape index (κ2) is 7.54. The Bertz CT molecular complexity index is 342. The predicted octanol–water partition coefficient (Wildman–Crippen LogP) is 2.86. The van der Waals surface area contributed by atoms with Crippen molar-refractivity contribution in [3.63, 3.8) is 0 Å². The number of hydrogen-bond donors (Lipinski definition) is 1. The molecule has 0 aliphatic heterocycles. The third-order valence-electron chi connectivity index (χ3n) is 2.18. The number of hydrogen-bond acceptors (Lipinski definition) is 3. The molecule has 3 nitrogen and oxygen atoms in total. The Kier molecular flexibility index (Phi) is 6.34. The maximum absolute atomic E-state index is 5.99. The topological polar surface area (TPSA) is 30.5 Å². The van der Waals surface area contributed by atoms with Crippen molar-refractivity contribution in [2.24, 2.45) is 0 Å². The number of ether oxygens (including phenoxy) is 2. The zero-order valence-corrected chi connectivity index (χ0v) is 11.4. The van der Waals surface area contributed by atoms with Gasteiger partial charge >= 0.3 is 0 Å². The molecule has 1 aromatic carbocycles. The third-order valence-corrected chi connectivity index (χ3v) is 2.42. The molecule has 0 aliphatic carbocycles. The molecule has 0 saturated heterocycles. The van der Waals surface area contributed by atoms with Crippen LogP contribution in [0.3, 0.4) is 0 Å². The van der Waals surface area contributed by atoms with E-state index in [0.29, 0.717) is 6.61 Å². The fourth-order valence-electron chi connectivity index (χ4n) is 1.45. The predicted molar refractivity (Wildman–Crippen MR) is 70.8 cm³/mol. The highest BCUT2D eigenvalue weighted by molar-refractivity contribution is 6.30. The normalized spacial score (nSPS) is 10.9. The van der Waals surface area contributed by atoms with Gasteiger partial charge in [0.05, 0.1) is 12.7 Å². The van der Waals surface area contributed by atoms with Crippen LogP contribution in [0, 0.1) is 0 Å². The maximum Gasteiger partial charge on any atom is 0.124 e. The van der Waals surface area contributed by atoms with Crippen LogP contribution in [0.25, 0.3) is 0 Å². The molecule has 1 rings (SSSR count). The maximum atomic E-state index is 5.99. The third kappa shape index (κ3) is 5.39. The molecule has 1 N–H and O–H groups in total. The van der Waals surface area contributed by atoms with Gasteiger partial charge in [-0.25, -0.2) is 0 Å². The molecule has 0 radical (unpaired) electrons. The average molecular weight is 258 g/mol. The minimum atomic E-state index is 0.161. The highest BCUT2D eigenvalue weighted by Crippen LogP contribution is 2.23. The molecule has 0 aliphatic rings. The molecule has 0 bridgehead atoms. The van der Waals surface area contributed by atoms with E-state index in [9.17, 15) is 0 Å². The van der Waals surface area contributed by atoms with Crippen LogP contribution in [-0.2, 0) is 11.3 Å². The van der Waals surface area contributed by atoms with Crippen LogP contribution < -0.4 is 10.1 Å². The lowest BCUT2D eigenvalue weighted by molar-refractivity contribution is 0.198. The first kappa shape index (κ1) is 14.3. The summed E-state index contributed by atoms with van der Waals surface area (Å²) >= 11 is 5.99. The lowest BCUT2D eigenvalue weighted by Gasteiger charge is -2.15. The Morgan fingerprint density at radius 3 is 2.76 bits per heavy atom. The molecule has 96 valence electrons. The van der Waals surface area contributed by atoms with Gasteiger partial charge < -0.3 is 14.8 Å². The summed E-state index contributed by atoms with van der Waals surface area (Å²) in [5, 5.41) is 4.01. The van der Waals surface area contributed by atoms with Gasteiger partial charge in [-0.1, -0.05) is 11.6 Å². The van der Waals surface area contributed by atoms with Gasteiger partial charge in [0.25, 0.3) is 0 Å². The summed E-state index contributed by atoms with van der Waals surface area (Å²) in [6, 6.07) is 5.69. The summed E-state index contributed by atoms with van der Waals surface area (Å²) in [5.74, 6) is 0.884. The number of nitrogens with one attached hydrogen (secondary N) is 1. The van der Waals surface area contributed by atoms with Crippen molar-refractivity contribution in [3.8, 4) is 5.75 Å². The second-order valence-corrected chi connectivity index (χ2v) is 4.52. The van der Waals surface area contributed by atoms with Gasteiger partial charge in [-0.3, -0.25) is 0 Å². The molecule has 1 aromatic rings. The minimum Gasteiger partial charge on any atom is -0.491 e. The minimum absolute atomic E-state index is 0.161. The van der Waals surface area contributed by atoms with Crippen molar-refractivity contribution in [1.29, 1.82) is 0 Å². The van der Waals surface area contributed by atoms with Gasteiger partial charge in [0, 0.05) is 30.8 Å². The summed E-state index contributed by atoms with van der Waals surface area (Å²) in [6.07, 6.45) is 0.161. The Hall–Kier alpha value is -0.770. The molecular formula is C13H20ClNO2. The fourth-order valence-corrected chi connectivity index (χ4v) is 1.65. The summed E-state index contributed by atoms with van der Waals surface area (Å²) in [7, 11) is 1.69. The van der Waals surface area contributed by atoms with E-state index in [2.05, 4.69) is 5.32 Å². The Morgan fingerprint density at radius 1 is 1.35 bits per heavy atom. The van der Waals surface area contributed by atoms with E-state index < -0.39 is 0 Å². The van der Waals surface area contributed by atoms with Crippen LogP contribution in [0.4, 0.5) is 0 Å². The lowest BCUT2D eigenvalue weighted by Crippen LogP contribution is -2.19. The van der Waals surface area contributed by atoms with Gasteiger partial charge in [-0.05, 0) is 32.0 Å². The summed E-state index contributed by atoms with van der Waals surface area (Å²) < 4.78 is 10.7. The number of halogens is 1. The van der Waals surface area contributed by atoms with Gasteiger partial charge in [-0.15, -0.1) is 0 Å². The Balaban J connectivity index is 2.63. The van der Waals surface area contributed by atoms with Gasteiger partial charge in [-0.2, -0.15) is 0 Å². The standard InChI is InChI=1S/C13H20ClNO2/c1-10(2)17-13-5-4-12(14)8-11(13)9-15-6-7-16-3/h4-5,8,10,15H,6-7,9H2,1-3H3. The van der Waals surface area contributed by atoms with Gasteiger partial charge in [0.15, 0.2) is 0 Å². The SMILES string of the molecule is COCCNCc1cc(Cl)ccc1OC(C)C. The van der Waals surface area contributed by atoms with Crippen molar-refractivity contribution in [2.75, 3.05) is 20.3 Å². The first-order valence-corrected chi connectivity index (χ1v) is 6.16. The van der Waals surface area contributed by atoms with E-state index >= 15 is 0 Å². The van der Waals surface area contributed by atoms with Gasteiger partial charge in [0.2, 0.25) is 0 Å². The smallest absolute Gasteiger partial charge is 0.124 e. The summed E-state index contributed by atoms with van der Waals surface area (Å²) in [5.41, 5.74) is 1.07. The van der Waals surface area contributed by atoms with E-state index in [0.717, 1.165) is 29.4 Å². The van der Waals surface area contributed by atoms with Crippen molar-refractivity contribution >= 4 is 11.6 Å². The molecule has 0 saturated carbocycles. The molecule has 17 heavy (non-hydrogen) atoms. The first-order valence-electron chi connectivity index (χ1n) is 5.78. The van der Waals surface area contributed by atoms with E-state index in [1.54, 1.807) is 7.11 Å². The molecule has 4 heteroatoms. The number of benzene rings is 1. The van der Waals surface area contributed by atoms with Crippen molar-refractivity contribution in [2.45, 2.75) is 26.5 Å². The number of methoxy groups -OCH3 is 1. The monoisotopic (exact) mass is 257 g/mol. The van der Waals surface area contributed by atoms with Crippen LogP contribution in [0.1, 0.15) is 19.4 Å². The van der Waals surface area contributed by atoms with E-state index in [1.165, 1.54) is 0 Å². The second-order valence-electron chi connectivity index (χ2n) is 4.09. The molecule has 0 aromatic heterocycles. The van der Waals surface area contributed by atoms with Crippen molar-refractivity contribution < 1.29 is 9.47 Å². The molecule has 0 fully saturated rings. The lowest BCUT2D eigenvalue weighted by atomic mass is 10.2. The highest BCUT2D eigenvalue weighted by Gasteiger charge is 2.06. The van der Waals surface area contributed by atoms with Gasteiger partial charge in [0.1, 0.15) is 5.75 Å². The number of rotatable bonds is 7. The Labute approximate surface area is 108 Å². The Morgan fingerprint density at radius 2 is 2.12 bits per heavy atom. The summed E-state index contributed by atoms with van der Waals surface area (Å²) in [4.78, 5) is 0. The van der Waals surface area contributed by atoms with Crippen LogP contribution in [0.5, 0.6) is 5.75 Å². The zero-order chi connectivity index (χ0) is 12.7. The highest BCUT2D eigenvalue weighted by atomic mass is 35.5. The largest absolute Gasteiger partial charge is 0.491 e. The molecule has 0 heterocycles. The quantitative estimate of drug-likeness (QED) is 0.762.